The van der Waals surface area contributed by atoms with Crippen LogP contribution < -0.4 is 0 Å². The molecule has 182 valence electrons. The summed E-state index contributed by atoms with van der Waals surface area (Å²) in [6.45, 7) is 5.37. The van der Waals surface area contributed by atoms with Gasteiger partial charge in [0.05, 0.1) is 18.3 Å². The molecule has 10 atom stereocenters. The van der Waals surface area contributed by atoms with Crippen LogP contribution in [0.15, 0.2) is 42.5 Å². The average Bonchev–Trinajstić information content (AvgIpc) is 3.57. The normalized spacial score (nSPS) is 50.3. The van der Waals surface area contributed by atoms with Gasteiger partial charge in [0.25, 0.3) is 0 Å². The van der Waals surface area contributed by atoms with Crippen molar-refractivity contribution in [3.8, 4) is 11.8 Å². The third-order valence-corrected chi connectivity index (χ3v) is 10.8. The van der Waals surface area contributed by atoms with E-state index in [9.17, 15) is 15.3 Å². The van der Waals surface area contributed by atoms with E-state index in [1.807, 2.05) is 36.4 Å². The van der Waals surface area contributed by atoms with Crippen molar-refractivity contribution in [2.75, 3.05) is 6.61 Å². The van der Waals surface area contributed by atoms with Gasteiger partial charge in [0.15, 0.2) is 0 Å². The summed E-state index contributed by atoms with van der Waals surface area (Å²) in [7, 11) is 0. The third-order valence-electron chi connectivity index (χ3n) is 10.8. The molecule has 5 aliphatic rings. The maximum atomic E-state index is 12.0. The van der Waals surface area contributed by atoms with Crippen molar-refractivity contribution in [3.63, 3.8) is 0 Å². The van der Waals surface area contributed by atoms with Gasteiger partial charge in [-0.2, -0.15) is 0 Å². The summed E-state index contributed by atoms with van der Waals surface area (Å²) >= 11 is 0. The molecule has 6 rings (SSSR count). The minimum Gasteiger partial charge on any atom is -0.393 e. The lowest BCUT2D eigenvalue weighted by molar-refractivity contribution is -0.178. The molecule has 0 radical (unpaired) electrons. The maximum absolute atomic E-state index is 12.0. The summed E-state index contributed by atoms with van der Waals surface area (Å²) in [5, 5.41) is 33.8. The molecule has 4 saturated carbocycles. The van der Waals surface area contributed by atoms with Gasteiger partial charge in [0.2, 0.25) is 0 Å². The predicted octanol–water partition coefficient (Wildman–Crippen LogP) is 4.09. The first-order valence-electron chi connectivity index (χ1n) is 13.2. The lowest BCUT2D eigenvalue weighted by Crippen LogP contribution is -2.62. The van der Waals surface area contributed by atoms with E-state index in [2.05, 4.69) is 31.8 Å². The minimum atomic E-state index is -0.964. The second-order valence-corrected chi connectivity index (χ2v) is 12.3. The fourth-order valence-corrected chi connectivity index (χ4v) is 8.82. The zero-order valence-corrected chi connectivity index (χ0v) is 20.4. The first-order chi connectivity index (χ1) is 16.2. The van der Waals surface area contributed by atoms with Crippen LogP contribution in [0, 0.1) is 52.3 Å². The van der Waals surface area contributed by atoms with Crippen molar-refractivity contribution in [3.05, 3.63) is 48.0 Å². The molecule has 4 fully saturated rings. The van der Waals surface area contributed by atoms with Crippen molar-refractivity contribution in [1.29, 1.82) is 0 Å². The Morgan fingerprint density at radius 2 is 1.79 bits per heavy atom. The van der Waals surface area contributed by atoms with Crippen LogP contribution in [0.2, 0.25) is 0 Å². The third kappa shape index (κ3) is 3.07. The highest BCUT2D eigenvalue weighted by Gasteiger charge is 2.76. The largest absolute Gasteiger partial charge is 0.393 e. The van der Waals surface area contributed by atoms with Gasteiger partial charge < -0.3 is 20.1 Å². The second-order valence-electron chi connectivity index (χ2n) is 12.3. The maximum Gasteiger partial charge on any atom is 0.134 e. The van der Waals surface area contributed by atoms with Crippen LogP contribution in [0.5, 0.6) is 0 Å². The fraction of sp³-hybridized carbons (Fsp3) is 0.667. The Bertz CT molecular complexity index is 1040. The van der Waals surface area contributed by atoms with Crippen LogP contribution in [0.1, 0.15) is 57.9 Å². The van der Waals surface area contributed by atoms with Crippen molar-refractivity contribution in [2.24, 2.45) is 40.4 Å². The molecule has 1 aromatic carbocycles. The molecule has 0 unspecified atom stereocenters. The van der Waals surface area contributed by atoms with Gasteiger partial charge in [-0.3, -0.25) is 0 Å². The molecular weight excluding hydrogens is 424 g/mol. The molecule has 0 spiro atoms. The number of rotatable bonds is 3. The Hall–Kier alpha value is -1.64. The second kappa shape index (κ2) is 7.68. The Morgan fingerprint density at radius 1 is 1.03 bits per heavy atom. The molecule has 3 N–H and O–H groups in total. The average molecular weight is 463 g/mol. The molecule has 0 aromatic heterocycles. The van der Waals surface area contributed by atoms with Crippen molar-refractivity contribution in [2.45, 2.75) is 76.3 Å². The predicted molar refractivity (Wildman–Crippen MR) is 130 cm³/mol. The van der Waals surface area contributed by atoms with Crippen LogP contribution in [0.25, 0.3) is 0 Å². The molecule has 0 saturated heterocycles. The first kappa shape index (κ1) is 22.8. The molecule has 0 amide bonds. The number of aliphatic hydroxyl groups excluding tert-OH is 1. The topological polar surface area (TPSA) is 69.9 Å². The van der Waals surface area contributed by atoms with Crippen LogP contribution in [-0.2, 0) is 11.3 Å². The highest BCUT2D eigenvalue weighted by molar-refractivity contribution is 5.37. The number of hydrogen-bond acceptors (Lipinski definition) is 4. The summed E-state index contributed by atoms with van der Waals surface area (Å²) in [6.07, 6.45) is 8.89. The van der Waals surface area contributed by atoms with Gasteiger partial charge in [-0.1, -0.05) is 68.2 Å². The lowest BCUT2D eigenvalue weighted by Gasteiger charge is -2.62. The monoisotopic (exact) mass is 462 g/mol. The van der Waals surface area contributed by atoms with Gasteiger partial charge in [-0.05, 0) is 61.3 Å². The van der Waals surface area contributed by atoms with Gasteiger partial charge >= 0.3 is 0 Å². The van der Waals surface area contributed by atoms with Crippen molar-refractivity contribution >= 4 is 0 Å². The Balaban J connectivity index is 1.23. The molecule has 34 heavy (non-hydrogen) atoms. The zero-order valence-electron chi connectivity index (χ0n) is 20.4. The number of benzene rings is 1. The SMILES string of the molecule is C[C@]12CC[C@H]3[C@@H](C=C[C@]4(O)C[C@@H](O)CC[C@]34C)[C@@H]1[C@@H]1C[C@@H]1[C@@]2(O)C#CCOCc1ccccc1. The first-order valence-corrected chi connectivity index (χ1v) is 13.2. The molecular formula is C30H38O4. The highest BCUT2D eigenvalue weighted by Crippen LogP contribution is 2.76. The van der Waals surface area contributed by atoms with E-state index in [0.717, 1.165) is 37.7 Å². The molecule has 0 aliphatic heterocycles. The Labute approximate surface area is 203 Å². The Morgan fingerprint density at radius 3 is 2.59 bits per heavy atom. The van der Waals surface area contributed by atoms with Gasteiger partial charge in [-0.25, -0.2) is 0 Å². The van der Waals surface area contributed by atoms with E-state index in [-0.39, 0.29) is 16.7 Å². The van der Waals surface area contributed by atoms with Crippen LogP contribution in [0.4, 0.5) is 0 Å². The Kier molecular flexibility index (Phi) is 5.15. The van der Waals surface area contributed by atoms with E-state index in [4.69, 9.17) is 4.74 Å². The summed E-state index contributed by atoms with van der Waals surface area (Å²) in [5.41, 5.74) is -1.21. The molecule has 4 heteroatoms. The van der Waals surface area contributed by atoms with E-state index in [0.29, 0.717) is 43.3 Å². The van der Waals surface area contributed by atoms with Gasteiger partial charge in [0, 0.05) is 23.2 Å². The molecule has 5 aliphatic carbocycles. The summed E-state index contributed by atoms with van der Waals surface area (Å²) < 4.78 is 5.78. The van der Waals surface area contributed by atoms with Crippen LogP contribution in [0.3, 0.4) is 0 Å². The molecule has 0 heterocycles. The number of allylic oxidation sites excluding steroid dienone is 1. The van der Waals surface area contributed by atoms with E-state index >= 15 is 0 Å². The van der Waals surface area contributed by atoms with Crippen molar-refractivity contribution < 1.29 is 20.1 Å². The minimum absolute atomic E-state index is 0.213. The fourth-order valence-electron chi connectivity index (χ4n) is 8.82. The quantitative estimate of drug-likeness (QED) is 0.360. The zero-order chi connectivity index (χ0) is 23.8. The number of aliphatic hydroxyl groups is 3. The summed E-state index contributed by atoms with van der Waals surface area (Å²) in [6, 6.07) is 10.1. The standard InChI is InChI=1S/C30H38O4/c1-27-13-9-21(31)18-29(27,32)15-10-22-24(27)11-14-28(2)26(22)23-17-25(23)30(28,33)12-6-16-34-19-20-7-4-3-5-8-20/h3-5,7-8,10,15,21-26,31-33H,9,11,13-14,16-19H2,1-2H3/t21-,22+,23+,24-,25-,26+,27+,28-,29-,30-/m0/s1. The highest BCUT2D eigenvalue weighted by atomic mass is 16.5. The van der Waals surface area contributed by atoms with E-state index < -0.39 is 17.3 Å². The molecule has 0 bridgehead atoms. The van der Waals surface area contributed by atoms with E-state index in [1.165, 1.54) is 0 Å². The van der Waals surface area contributed by atoms with Crippen molar-refractivity contribution in [1.82, 2.24) is 0 Å². The number of ether oxygens (including phenoxy) is 1. The van der Waals surface area contributed by atoms with Gasteiger partial charge in [-0.15, -0.1) is 0 Å². The van der Waals surface area contributed by atoms with Crippen LogP contribution in [-0.4, -0.2) is 39.2 Å². The molecule has 1 aromatic rings. The lowest BCUT2D eigenvalue weighted by atomic mass is 9.44. The summed E-state index contributed by atoms with van der Waals surface area (Å²) in [5.74, 6) is 8.41. The molecule has 4 nitrogen and oxygen atoms in total. The summed E-state index contributed by atoms with van der Waals surface area (Å²) in [4.78, 5) is 0. The van der Waals surface area contributed by atoms with E-state index in [1.54, 1.807) is 0 Å². The van der Waals surface area contributed by atoms with Crippen LogP contribution >= 0.6 is 0 Å². The van der Waals surface area contributed by atoms with Gasteiger partial charge in [0.1, 0.15) is 12.2 Å². The number of fused-ring (bicyclic) bond motifs is 7. The number of hydrogen-bond donors (Lipinski definition) is 3. The smallest absolute Gasteiger partial charge is 0.134 e.